The molecule has 0 aliphatic carbocycles. The number of rotatable bonds is 5. The Bertz CT molecular complexity index is 1220. The summed E-state index contributed by atoms with van der Waals surface area (Å²) < 4.78 is 10.7. The Morgan fingerprint density at radius 2 is 1.90 bits per heavy atom. The molecule has 8 heteroatoms. The van der Waals surface area contributed by atoms with Crippen LogP contribution >= 0.6 is 0 Å². The molecular formula is C21H15N3O5. The van der Waals surface area contributed by atoms with E-state index in [1.54, 1.807) is 18.2 Å². The topological polar surface area (TPSA) is 108 Å². The van der Waals surface area contributed by atoms with Gasteiger partial charge in [0.05, 0.1) is 12.0 Å². The van der Waals surface area contributed by atoms with E-state index in [1.165, 1.54) is 25.3 Å². The predicted octanol–water partition coefficient (Wildman–Crippen LogP) is 4.66. The van der Waals surface area contributed by atoms with Crippen LogP contribution in [0, 0.1) is 10.1 Å². The number of carbonyl (C=O) groups is 1. The summed E-state index contributed by atoms with van der Waals surface area (Å²) in [5.74, 6) is 0.0840. The molecule has 0 saturated carbocycles. The Morgan fingerprint density at radius 3 is 2.62 bits per heavy atom. The number of methoxy groups -OCH3 is 1. The Balaban J connectivity index is 1.60. The summed E-state index contributed by atoms with van der Waals surface area (Å²) in [5, 5.41) is 13.9. The third kappa shape index (κ3) is 3.63. The van der Waals surface area contributed by atoms with Crippen LogP contribution in [0.3, 0.4) is 0 Å². The van der Waals surface area contributed by atoms with Crippen LogP contribution in [0.1, 0.15) is 10.4 Å². The van der Waals surface area contributed by atoms with E-state index in [4.69, 9.17) is 9.15 Å². The average molecular weight is 389 g/mol. The van der Waals surface area contributed by atoms with Crippen molar-refractivity contribution in [2.24, 2.45) is 0 Å². The first-order valence-corrected chi connectivity index (χ1v) is 8.65. The van der Waals surface area contributed by atoms with E-state index in [0.29, 0.717) is 22.7 Å². The van der Waals surface area contributed by atoms with E-state index in [9.17, 15) is 14.9 Å². The zero-order valence-electron chi connectivity index (χ0n) is 15.3. The van der Waals surface area contributed by atoms with E-state index < -0.39 is 10.8 Å². The largest absolute Gasteiger partial charge is 0.490 e. The molecule has 0 fully saturated rings. The molecule has 0 atom stereocenters. The van der Waals surface area contributed by atoms with Crippen molar-refractivity contribution in [1.82, 2.24) is 4.98 Å². The molecule has 3 aromatic carbocycles. The van der Waals surface area contributed by atoms with Gasteiger partial charge in [0.2, 0.25) is 5.89 Å². The lowest BCUT2D eigenvalue weighted by Gasteiger charge is -2.06. The van der Waals surface area contributed by atoms with Gasteiger partial charge in [-0.3, -0.25) is 14.9 Å². The number of nitrogens with one attached hydrogen (secondary N) is 1. The molecule has 0 spiro atoms. The zero-order valence-corrected chi connectivity index (χ0v) is 15.3. The summed E-state index contributed by atoms with van der Waals surface area (Å²) in [4.78, 5) is 27.6. The van der Waals surface area contributed by atoms with Crippen LogP contribution in [0.4, 0.5) is 11.4 Å². The van der Waals surface area contributed by atoms with E-state index in [-0.39, 0.29) is 17.0 Å². The summed E-state index contributed by atoms with van der Waals surface area (Å²) in [7, 11) is 1.33. The van der Waals surface area contributed by atoms with Gasteiger partial charge in [0, 0.05) is 22.9 Å². The first-order valence-electron chi connectivity index (χ1n) is 8.65. The molecule has 8 nitrogen and oxygen atoms in total. The smallest absolute Gasteiger partial charge is 0.311 e. The standard InChI is InChI=1S/C21H15N3O5/c1-28-19-9-7-14(11-17(19)24(26)27)20(25)22-15-8-10-18-16(12-15)23-21(29-18)13-5-3-2-4-6-13/h2-12H,1H3,(H,22,25). The molecule has 4 aromatic rings. The predicted molar refractivity (Wildman–Crippen MR) is 107 cm³/mol. The molecule has 1 aromatic heterocycles. The fourth-order valence-electron chi connectivity index (χ4n) is 2.89. The number of anilines is 1. The zero-order chi connectivity index (χ0) is 20.4. The van der Waals surface area contributed by atoms with E-state index in [0.717, 1.165) is 5.56 Å². The van der Waals surface area contributed by atoms with Crippen LogP contribution in [0.25, 0.3) is 22.6 Å². The number of nitro benzene ring substituents is 1. The second-order valence-corrected chi connectivity index (χ2v) is 6.17. The third-order valence-electron chi connectivity index (χ3n) is 4.30. The summed E-state index contributed by atoms with van der Waals surface area (Å²) >= 11 is 0. The lowest BCUT2D eigenvalue weighted by atomic mass is 10.1. The minimum Gasteiger partial charge on any atom is -0.490 e. The van der Waals surface area contributed by atoms with E-state index in [1.807, 2.05) is 30.3 Å². The van der Waals surface area contributed by atoms with Crippen molar-refractivity contribution in [2.45, 2.75) is 0 Å². The van der Waals surface area contributed by atoms with Gasteiger partial charge in [-0.25, -0.2) is 4.98 Å². The number of fused-ring (bicyclic) bond motifs is 1. The van der Waals surface area contributed by atoms with Crippen molar-refractivity contribution in [1.29, 1.82) is 0 Å². The van der Waals surface area contributed by atoms with E-state index >= 15 is 0 Å². The quantitative estimate of drug-likeness (QED) is 0.393. The van der Waals surface area contributed by atoms with Gasteiger partial charge in [0.15, 0.2) is 11.3 Å². The Labute approximate surface area is 164 Å². The number of aromatic nitrogens is 1. The summed E-state index contributed by atoms with van der Waals surface area (Å²) in [6.07, 6.45) is 0. The Kier molecular flexibility index (Phi) is 4.66. The fraction of sp³-hybridized carbons (Fsp3) is 0.0476. The number of nitrogens with zero attached hydrogens (tertiary/aromatic N) is 2. The van der Waals surface area contributed by atoms with Crippen LogP contribution in [0.15, 0.2) is 71.1 Å². The van der Waals surface area contributed by atoms with Gasteiger partial charge in [-0.1, -0.05) is 18.2 Å². The van der Waals surface area contributed by atoms with Crippen molar-refractivity contribution < 1.29 is 18.9 Å². The minimum absolute atomic E-state index is 0.0870. The number of amides is 1. The van der Waals surface area contributed by atoms with Gasteiger partial charge in [0.25, 0.3) is 5.91 Å². The maximum Gasteiger partial charge on any atom is 0.311 e. The maximum absolute atomic E-state index is 12.5. The van der Waals surface area contributed by atoms with Crippen LogP contribution in [-0.2, 0) is 0 Å². The Morgan fingerprint density at radius 1 is 1.10 bits per heavy atom. The molecule has 1 amide bonds. The number of hydrogen-bond acceptors (Lipinski definition) is 6. The molecule has 0 unspecified atom stereocenters. The molecule has 0 aliphatic heterocycles. The molecular weight excluding hydrogens is 374 g/mol. The number of nitro groups is 1. The monoisotopic (exact) mass is 389 g/mol. The average Bonchev–Trinajstić information content (AvgIpc) is 3.17. The molecule has 29 heavy (non-hydrogen) atoms. The highest BCUT2D eigenvalue weighted by Crippen LogP contribution is 2.29. The number of hydrogen-bond donors (Lipinski definition) is 1. The number of ether oxygens (including phenoxy) is 1. The van der Waals surface area contributed by atoms with Crippen molar-refractivity contribution in [3.63, 3.8) is 0 Å². The van der Waals surface area contributed by atoms with Crippen molar-refractivity contribution in [2.75, 3.05) is 12.4 Å². The van der Waals surface area contributed by atoms with Gasteiger partial charge in [-0.05, 0) is 42.5 Å². The molecule has 1 heterocycles. The number of carbonyl (C=O) groups excluding carboxylic acids is 1. The Hall–Kier alpha value is -4.20. The van der Waals surface area contributed by atoms with Crippen LogP contribution in [-0.4, -0.2) is 22.9 Å². The lowest BCUT2D eigenvalue weighted by Crippen LogP contribution is -2.12. The fourth-order valence-corrected chi connectivity index (χ4v) is 2.89. The summed E-state index contributed by atoms with van der Waals surface area (Å²) in [6, 6.07) is 18.6. The molecule has 0 saturated heterocycles. The first kappa shape index (κ1) is 18.2. The van der Waals surface area contributed by atoms with Gasteiger partial charge >= 0.3 is 5.69 Å². The molecule has 0 bridgehead atoms. The van der Waals surface area contributed by atoms with Crippen molar-refractivity contribution in [3.05, 3.63) is 82.4 Å². The van der Waals surface area contributed by atoms with Crippen molar-refractivity contribution >= 4 is 28.4 Å². The lowest BCUT2D eigenvalue weighted by molar-refractivity contribution is -0.385. The van der Waals surface area contributed by atoms with Crippen LogP contribution in [0.5, 0.6) is 5.75 Å². The van der Waals surface area contributed by atoms with Gasteiger partial charge in [0.1, 0.15) is 5.52 Å². The van der Waals surface area contributed by atoms with Crippen LogP contribution < -0.4 is 10.1 Å². The minimum atomic E-state index is -0.595. The maximum atomic E-state index is 12.5. The molecule has 144 valence electrons. The van der Waals surface area contributed by atoms with Crippen LogP contribution in [0.2, 0.25) is 0 Å². The molecule has 0 aliphatic rings. The highest BCUT2D eigenvalue weighted by molar-refractivity contribution is 6.05. The molecule has 0 radical (unpaired) electrons. The second kappa shape index (κ2) is 7.43. The number of oxazole rings is 1. The highest BCUT2D eigenvalue weighted by Gasteiger charge is 2.18. The van der Waals surface area contributed by atoms with E-state index in [2.05, 4.69) is 10.3 Å². The summed E-state index contributed by atoms with van der Waals surface area (Å²) in [5.41, 5.74) is 2.38. The summed E-state index contributed by atoms with van der Waals surface area (Å²) in [6.45, 7) is 0. The SMILES string of the molecule is COc1ccc(C(=O)Nc2ccc3oc(-c4ccccc4)nc3c2)cc1[N+](=O)[O-]. The first-order chi connectivity index (χ1) is 14.0. The van der Waals surface area contributed by atoms with Gasteiger partial charge in [-0.15, -0.1) is 0 Å². The number of benzene rings is 3. The highest BCUT2D eigenvalue weighted by atomic mass is 16.6. The normalized spacial score (nSPS) is 10.7. The second-order valence-electron chi connectivity index (χ2n) is 6.17. The van der Waals surface area contributed by atoms with Gasteiger partial charge in [-0.2, -0.15) is 0 Å². The van der Waals surface area contributed by atoms with Gasteiger partial charge < -0.3 is 14.5 Å². The van der Waals surface area contributed by atoms with Crippen molar-refractivity contribution in [3.8, 4) is 17.2 Å². The molecule has 4 rings (SSSR count). The molecule has 1 N–H and O–H groups in total. The third-order valence-corrected chi connectivity index (χ3v) is 4.30.